The fourth-order valence-corrected chi connectivity index (χ4v) is 2.31. The van der Waals surface area contributed by atoms with E-state index < -0.39 is 6.10 Å². The molecule has 0 saturated heterocycles. The molecule has 21 heavy (non-hydrogen) atoms. The highest BCUT2D eigenvalue weighted by Crippen LogP contribution is 2.16. The molecule has 0 aliphatic carbocycles. The summed E-state index contributed by atoms with van der Waals surface area (Å²) in [5.41, 5.74) is 1.49. The molecule has 112 valence electrons. The first kappa shape index (κ1) is 16.0. The van der Waals surface area contributed by atoms with Crippen molar-refractivity contribution >= 4 is 11.6 Å². The Hall–Kier alpha value is -1.42. The average molecular weight is 308 g/mol. The van der Waals surface area contributed by atoms with Gasteiger partial charge in [-0.25, -0.2) is 4.39 Å². The fraction of sp³-hybridized carbons (Fsp3) is 0.294. The van der Waals surface area contributed by atoms with E-state index in [0.29, 0.717) is 23.6 Å². The lowest BCUT2D eigenvalue weighted by Crippen LogP contribution is -2.32. The second-order valence-electron chi connectivity index (χ2n) is 5.17. The van der Waals surface area contributed by atoms with E-state index in [4.69, 9.17) is 11.6 Å². The van der Waals surface area contributed by atoms with E-state index in [1.54, 1.807) is 36.4 Å². The summed E-state index contributed by atoms with van der Waals surface area (Å²) >= 11 is 5.82. The lowest BCUT2D eigenvalue weighted by molar-refractivity contribution is 0.170. The number of halogens is 2. The van der Waals surface area contributed by atoms with Crippen molar-refractivity contribution in [3.63, 3.8) is 0 Å². The molecule has 0 bridgehead atoms. The maximum atomic E-state index is 13.6. The van der Waals surface area contributed by atoms with Gasteiger partial charge in [-0.1, -0.05) is 41.9 Å². The Morgan fingerprint density at radius 3 is 2.48 bits per heavy atom. The monoisotopic (exact) mass is 307 g/mol. The lowest BCUT2D eigenvalue weighted by Gasteiger charge is -2.18. The van der Waals surface area contributed by atoms with Crippen LogP contribution in [-0.4, -0.2) is 17.7 Å². The quantitative estimate of drug-likeness (QED) is 0.852. The SMILES string of the molecule is CC(Cc1ccccc1F)NCC(O)c1ccc(Cl)cc1. The number of rotatable bonds is 6. The van der Waals surface area contributed by atoms with Crippen molar-refractivity contribution in [2.24, 2.45) is 0 Å². The molecular formula is C17H19ClFNO. The van der Waals surface area contributed by atoms with Gasteiger partial charge in [0, 0.05) is 17.6 Å². The maximum Gasteiger partial charge on any atom is 0.126 e. The summed E-state index contributed by atoms with van der Waals surface area (Å²) in [7, 11) is 0. The molecule has 0 saturated carbocycles. The third kappa shape index (κ3) is 4.81. The van der Waals surface area contributed by atoms with Gasteiger partial charge in [-0.2, -0.15) is 0 Å². The molecule has 2 rings (SSSR count). The van der Waals surface area contributed by atoms with E-state index in [-0.39, 0.29) is 11.9 Å². The third-order valence-corrected chi connectivity index (χ3v) is 3.65. The molecule has 0 aliphatic rings. The Kier molecular flexibility index (Phi) is 5.74. The van der Waals surface area contributed by atoms with Crippen molar-refractivity contribution in [2.45, 2.75) is 25.5 Å². The van der Waals surface area contributed by atoms with Gasteiger partial charge in [0.05, 0.1) is 6.10 Å². The van der Waals surface area contributed by atoms with Crippen molar-refractivity contribution < 1.29 is 9.50 Å². The molecule has 2 unspecified atom stereocenters. The highest BCUT2D eigenvalue weighted by molar-refractivity contribution is 6.30. The standard InChI is InChI=1S/C17H19ClFNO/c1-12(10-14-4-2-3-5-16(14)19)20-11-17(21)13-6-8-15(18)9-7-13/h2-9,12,17,20-21H,10-11H2,1H3. The van der Waals surface area contributed by atoms with Crippen LogP contribution in [-0.2, 0) is 6.42 Å². The first-order chi connectivity index (χ1) is 10.1. The molecule has 2 atom stereocenters. The first-order valence-electron chi connectivity index (χ1n) is 6.96. The van der Waals surface area contributed by atoms with Crippen molar-refractivity contribution in [3.05, 3.63) is 70.5 Å². The van der Waals surface area contributed by atoms with E-state index in [0.717, 1.165) is 5.56 Å². The molecule has 0 heterocycles. The predicted molar refractivity (Wildman–Crippen MR) is 84.0 cm³/mol. The molecule has 2 aromatic rings. The van der Waals surface area contributed by atoms with Crippen molar-refractivity contribution in [2.75, 3.05) is 6.54 Å². The van der Waals surface area contributed by atoms with Gasteiger partial charge in [-0.15, -0.1) is 0 Å². The minimum absolute atomic E-state index is 0.0730. The summed E-state index contributed by atoms with van der Waals surface area (Å²) in [5, 5.41) is 14.0. The lowest BCUT2D eigenvalue weighted by atomic mass is 10.1. The molecule has 0 fully saturated rings. The van der Waals surface area contributed by atoms with E-state index in [1.807, 2.05) is 13.0 Å². The zero-order valence-corrected chi connectivity index (χ0v) is 12.6. The van der Waals surface area contributed by atoms with E-state index in [1.165, 1.54) is 6.07 Å². The van der Waals surface area contributed by atoms with Gasteiger partial charge in [-0.3, -0.25) is 0 Å². The van der Waals surface area contributed by atoms with E-state index in [2.05, 4.69) is 5.32 Å². The van der Waals surface area contributed by atoms with Gasteiger partial charge >= 0.3 is 0 Å². The van der Waals surface area contributed by atoms with Gasteiger partial charge in [0.2, 0.25) is 0 Å². The van der Waals surface area contributed by atoms with Crippen LogP contribution in [0.2, 0.25) is 5.02 Å². The zero-order chi connectivity index (χ0) is 15.2. The maximum absolute atomic E-state index is 13.6. The molecule has 0 radical (unpaired) electrons. The molecule has 2 nitrogen and oxygen atoms in total. The van der Waals surface area contributed by atoms with Gasteiger partial charge in [0.25, 0.3) is 0 Å². The van der Waals surface area contributed by atoms with Crippen LogP contribution in [0.3, 0.4) is 0 Å². The first-order valence-corrected chi connectivity index (χ1v) is 7.34. The Morgan fingerprint density at radius 1 is 1.14 bits per heavy atom. The van der Waals surface area contributed by atoms with Crippen molar-refractivity contribution in [1.82, 2.24) is 5.32 Å². The van der Waals surface area contributed by atoms with Crippen molar-refractivity contribution in [3.8, 4) is 0 Å². The van der Waals surface area contributed by atoms with E-state index >= 15 is 0 Å². The molecule has 4 heteroatoms. The number of benzene rings is 2. The van der Waals surface area contributed by atoms with Crippen LogP contribution in [0.5, 0.6) is 0 Å². The number of nitrogens with one attached hydrogen (secondary N) is 1. The van der Waals surface area contributed by atoms with Crippen LogP contribution < -0.4 is 5.32 Å². The van der Waals surface area contributed by atoms with Crippen LogP contribution in [0.4, 0.5) is 4.39 Å². The van der Waals surface area contributed by atoms with Gasteiger partial charge in [0.15, 0.2) is 0 Å². The summed E-state index contributed by atoms with van der Waals surface area (Å²) in [4.78, 5) is 0. The van der Waals surface area contributed by atoms with E-state index in [9.17, 15) is 9.50 Å². The minimum atomic E-state index is -0.606. The second kappa shape index (κ2) is 7.55. The summed E-state index contributed by atoms with van der Waals surface area (Å²) in [6.07, 6.45) is -0.0228. The smallest absolute Gasteiger partial charge is 0.126 e. The zero-order valence-electron chi connectivity index (χ0n) is 11.9. The predicted octanol–water partition coefficient (Wildman–Crippen LogP) is 3.73. The Balaban J connectivity index is 1.85. The molecule has 0 spiro atoms. The van der Waals surface area contributed by atoms with Gasteiger partial charge in [0.1, 0.15) is 5.82 Å². The largest absolute Gasteiger partial charge is 0.387 e. The van der Waals surface area contributed by atoms with Crippen LogP contribution >= 0.6 is 11.6 Å². The van der Waals surface area contributed by atoms with Crippen molar-refractivity contribution in [1.29, 1.82) is 0 Å². The van der Waals surface area contributed by atoms with Crippen LogP contribution in [0.1, 0.15) is 24.2 Å². The van der Waals surface area contributed by atoms with Gasteiger partial charge in [-0.05, 0) is 42.7 Å². The minimum Gasteiger partial charge on any atom is -0.387 e. The van der Waals surface area contributed by atoms with Crippen LogP contribution in [0.15, 0.2) is 48.5 Å². The molecule has 2 N–H and O–H groups in total. The number of aliphatic hydroxyl groups is 1. The highest BCUT2D eigenvalue weighted by atomic mass is 35.5. The summed E-state index contributed by atoms with van der Waals surface area (Å²) < 4.78 is 13.6. The molecule has 2 aromatic carbocycles. The summed E-state index contributed by atoms with van der Waals surface area (Å²) in [6, 6.07) is 13.9. The molecule has 0 aromatic heterocycles. The molecule has 0 amide bonds. The number of hydrogen-bond donors (Lipinski definition) is 2. The van der Waals surface area contributed by atoms with Crippen LogP contribution in [0.25, 0.3) is 0 Å². The molecular weight excluding hydrogens is 289 g/mol. The van der Waals surface area contributed by atoms with Gasteiger partial charge < -0.3 is 10.4 Å². The third-order valence-electron chi connectivity index (χ3n) is 3.40. The Bertz CT molecular complexity index is 573. The topological polar surface area (TPSA) is 32.3 Å². The number of hydrogen-bond acceptors (Lipinski definition) is 2. The normalized spacial score (nSPS) is 13.9. The molecule has 0 aliphatic heterocycles. The highest BCUT2D eigenvalue weighted by Gasteiger charge is 2.11. The summed E-state index contributed by atoms with van der Waals surface area (Å²) in [5.74, 6) is -0.190. The average Bonchev–Trinajstić information content (AvgIpc) is 2.48. The number of aliphatic hydroxyl groups excluding tert-OH is 1. The summed E-state index contributed by atoms with van der Waals surface area (Å²) in [6.45, 7) is 2.39. The Labute approximate surface area is 129 Å². The second-order valence-corrected chi connectivity index (χ2v) is 5.61. The Morgan fingerprint density at radius 2 is 1.81 bits per heavy atom. The fourth-order valence-electron chi connectivity index (χ4n) is 2.18. The van der Waals surface area contributed by atoms with Crippen LogP contribution in [0, 0.1) is 5.82 Å².